The normalized spacial score (nSPS) is 13.8. The van der Waals surface area contributed by atoms with Gasteiger partial charge in [0.25, 0.3) is 5.69 Å². The first-order chi connectivity index (χ1) is 18.2. The molecular formula is C28H24N6O2S. The number of rotatable bonds is 5. The molecule has 0 atom stereocenters. The van der Waals surface area contributed by atoms with Gasteiger partial charge in [0, 0.05) is 47.3 Å². The molecule has 0 aliphatic carbocycles. The van der Waals surface area contributed by atoms with Gasteiger partial charge in [-0.15, -0.1) is 21.5 Å². The fourth-order valence-corrected chi connectivity index (χ4v) is 5.62. The summed E-state index contributed by atoms with van der Waals surface area (Å²) in [6.07, 6.45) is 4.51. The third-order valence-corrected chi connectivity index (χ3v) is 7.36. The van der Waals surface area contributed by atoms with Gasteiger partial charge in [-0.25, -0.2) is 4.99 Å². The van der Waals surface area contributed by atoms with Gasteiger partial charge in [0.15, 0.2) is 10.6 Å². The van der Waals surface area contributed by atoms with Crippen molar-refractivity contribution in [3.8, 4) is 28.3 Å². The minimum Gasteiger partial charge on any atom is -0.311 e. The molecule has 0 N–H and O–H groups in total. The van der Waals surface area contributed by atoms with Crippen LogP contribution < -0.4 is 4.80 Å². The number of benzene rings is 3. The summed E-state index contributed by atoms with van der Waals surface area (Å²) in [6, 6.07) is 24.7. The van der Waals surface area contributed by atoms with Crippen molar-refractivity contribution in [2.75, 3.05) is 0 Å². The maximum atomic E-state index is 11.4. The van der Waals surface area contributed by atoms with E-state index in [4.69, 9.17) is 4.99 Å². The molecule has 2 aromatic heterocycles. The molecular weight excluding hydrogens is 484 g/mol. The van der Waals surface area contributed by atoms with Crippen molar-refractivity contribution >= 4 is 22.7 Å². The Morgan fingerprint density at radius 2 is 1.73 bits per heavy atom. The van der Waals surface area contributed by atoms with E-state index in [9.17, 15) is 10.1 Å². The molecule has 0 fully saturated rings. The summed E-state index contributed by atoms with van der Waals surface area (Å²) in [7, 11) is 0. The molecule has 0 saturated carbocycles. The summed E-state index contributed by atoms with van der Waals surface area (Å²) >= 11 is 1.50. The van der Waals surface area contributed by atoms with Crippen LogP contribution in [0, 0.1) is 10.1 Å². The van der Waals surface area contributed by atoms with Crippen LogP contribution >= 0.6 is 11.3 Å². The standard InChI is InChI=1S/C28H24N6O2S/c35-34(36)24-11-7-8-21(18-24)25-19-37-28(33(25)23-9-3-1-4-10-23)29-22-15-13-20(14-16-22)27-31-30-26-12-5-2-6-17-32(26)27/h1,3-4,7-11,13-16,18-19H,2,5-6,12,17H2. The summed E-state index contributed by atoms with van der Waals surface area (Å²) < 4.78 is 4.28. The fourth-order valence-electron chi connectivity index (χ4n) is 4.69. The summed E-state index contributed by atoms with van der Waals surface area (Å²) in [5.74, 6) is 1.98. The number of thiazole rings is 1. The second-order valence-corrected chi connectivity index (χ2v) is 9.78. The average molecular weight is 509 g/mol. The van der Waals surface area contributed by atoms with E-state index in [2.05, 4.69) is 14.8 Å². The lowest BCUT2D eigenvalue weighted by Gasteiger charge is -2.09. The van der Waals surface area contributed by atoms with Crippen LogP contribution in [0.2, 0.25) is 0 Å². The average Bonchev–Trinajstić information content (AvgIpc) is 3.46. The van der Waals surface area contributed by atoms with Crippen molar-refractivity contribution in [1.29, 1.82) is 0 Å². The van der Waals surface area contributed by atoms with Crippen LogP contribution in [0.4, 0.5) is 11.4 Å². The highest BCUT2D eigenvalue weighted by atomic mass is 32.1. The van der Waals surface area contributed by atoms with Gasteiger partial charge in [-0.05, 0) is 49.2 Å². The second-order valence-electron chi connectivity index (χ2n) is 8.94. The summed E-state index contributed by atoms with van der Waals surface area (Å²) in [5.41, 5.74) is 4.45. The lowest BCUT2D eigenvalue weighted by Crippen LogP contribution is -2.13. The zero-order valence-electron chi connectivity index (χ0n) is 20.0. The molecule has 1 aliphatic rings. The zero-order valence-corrected chi connectivity index (χ0v) is 20.8. The second kappa shape index (κ2) is 9.94. The number of nitro benzene ring substituents is 1. The molecule has 5 aromatic rings. The Bertz CT molecular complexity index is 1630. The summed E-state index contributed by atoms with van der Waals surface area (Å²) in [4.78, 5) is 16.7. The van der Waals surface area contributed by atoms with Crippen LogP contribution in [0.5, 0.6) is 0 Å². The highest BCUT2D eigenvalue weighted by Gasteiger charge is 2.16. The Labute approximate surface area is 217 Å². The first-order valence-electron chi connectivity index (χ1n) is 12.3. The third-order valence-electron chi connectivity index (χ3n) is 6.54. The molecule has 0 amide bonds. The molecule has 0 spiro atoms. The quantitative estimate of drug-likeness (QED) is 0.205. The van der Waals surface area contributed by atoms with E-state index in [0.29, 0.717) is 0 Å². The highest BCUT2D eigenvalue weighted by Crippen LogP contribution is 2.28. The molecule has 3 aromatic carbocycles. The monoisotopic (exact) mass is 508 g/mol. The molecule has 9 heteroatoms. The van der Waals surface area contributed by atoms with Gasteiger partial charge in [0.05, 0.1) is 16.3 Å². The third kappa shape index (κ3) is 4.61. The molecule has 1 aliphatic heterocycles. The Hall–Kier alpha value is -4.37. The van der Waals surface area contributed by atoms with Crippen molar-refractivity contribution < 1.29 is 4.92 Å². The van der Waals surface area contributed by atoms with Crippen molar-refractivity contribution in [2.24, 2.45) is 4.99 Å². The molecule has 0 unspecified atom stereocenters. The first kappa shape index (κ1) is 23.1. The maximum Gasteiger partial charge on any atom is 0.270 e. The number of non-ortho nitro benzene ring substituents is 1. The van der Waals surface area contributed by atoms with E-state index in [1.807, 2.05) is 70.6 Å². The number of aryl methyl sites for hydroxylation is 1. The van der Waals surface area contributed by atoms with Gasteiger partial charge in [0.2, 0.25) is 0 Å². The Kier molecular flexibility index (Phi) is 6.20. The van der Waals surface area contributed by atoms with Crippen LogP contribution in [0.25, 0.3) is 28.3 Å². The molecule has 184 valence electrons. The largest absolute Gasteiger partial charge is 0.311 e. The van der Waals surface area contributed by atoms with Crippen LogP contribution in [0.3, 0.4) is 0 Å². The Balaban J connectivity index is 1.41. The number of aromatic nitrogens is 4. The van der Waals surface area contributed by atoms with Crippen molar-refractivity contribution in [3.05, 3.63) is 105 Å². The van der Waals surface area contributed by atoms with Crippen LogP contribution in [-0.2, 0) is 13.0 Å². The molecule has 6 rings (SSSR count). The van der Waals surface area contributed by atoms with E-state index in [1.165, 1.54) is 23.8 Å². The number of nitrogens with zero attached hydrogens (tertiary/aromatic N) is 6. The number of hydrogen-bond donors (Lipinski definition) is 0. The summed E-state index contributed by atoms with van der Waals surface area (Å²) in [5, 5.41) is 22.2. The van der Waals surface area contributed by atoms with Crippen LogP contribution in [-0.4, -0.2) is 24.3 Å². The van der Waals surface area contributed by atoms with Crippen molar-refractivity contribution in [2.45, 2.75) is 32.2 Å². The minimum atomic E-state index is -0.371. The van der Waals surface area contributed by atoms with E-state index >= 15 is 0 Å². The van der Waals surface area contributed by atoms with Gasteiger partial charge < -0.3 is 4.57 Å². The minimum absolute atomic E-state index is 0.0590. The van der Waals surface area contributed by atoms with Crippen LogP contribution in [0.15, 0.2) is 89.2 Å². The SMILES string of the molecule is O=[N+]([O-])c1cccc(-c2csc(=Nc3ccc(-c4nnc5n4CCCCC5)cc3)n2-c2ccccc2)c1. The van der Waals surface area contributed by atoms with E-state index in [-0.39, 0.29) is 10.6 Å². The Morgan fingerprint density at radius 1 is 0.892 bits per heavy atom. The van der Waals surface area contributed by atoms with Gasteiger partial charge in [0.1, 0.15) is 5.82 Å². The summed E-state index contributed by atoms with van der Waals surface area (Å²) in [6.45, 7) is 0.955. The molecule has 0 saturated heterocycles. The van der Waals surface area contributed by atoms with Gasteiger partial charge in [-0.3, -0.25) is 14.7 Å². The fraction of sp³-hybridized carbons (Fsp3) is 0.179. The van der Waals surface area contributed by atoms with Gasteiger partial charge in [-0.1, -0.05) is 36.8 Å². The first-order valence-corrected chi connectivity index (χ1v) is 13.1. The predicted molar refractivity (Wildman–Crippen MR) is 144 cm³/mol. The van der Waals surface area contributed by atoms with Crippen molar-refractivity contribution in [1.82, 2.24) is 19.3 Å². The number of para-hydroxylation sites is 1. The van der Waals surface area contributed by atoms with Gasteiger partial charge >= 0.3 is 0 Å². The number of fused-ring (bicyclic) bond motifs is 1. The van der Waals surface area contributed by atoms with E-state index in [1.54, 1.807) is 12.1 Å². The zero-order chi connectivity index (χ0) is 25.2. The lowest BCUT2D eigenvalue weighted by atomic mass is 10.1. The Morgan fingerprint density at radius 3 is 2.54 bits per heavy atom. The molecule has 8 nitrogen and oxygen atoms in total. The maximum absolute atomic E-state index is 11.4. The highest BCUT2D eigenvalue weighted by molar-refractivity contribution is 7.07. The number of nitro groups is 1. The smallest absolute Gasteiger partial charge is 0.270 e. The van der Waals surface area contributed by atoms with E-state index < -0.39 is 0 Å². The lowest BCUT2D eigenvalue weighted by molar-refractivity contribution is -0.384. The molecule has 0 radical (unpaired) electrons. The van der Waals surface area contributed by atoms with Crippen molar-refractivity contribution in [3.63, 3.8) is 0 Å². The molecule has 37 heavy (non-hydrogen) atoms. The molecule has 3 heterocycles. The van der Waals surface area contributed by atoms with Crippen LogP contribution in [0.1, 0.15) is 25.1 Å². The van der Waals surface area contributed by atoms with Gasteiger partial charge in [-0.2, -0.15) is 0 Å². The number of hydrogen-bond acceptors (Lipinski definition) is 6. The van der Waals surface area contributed by atoms with E-state index in [0.717, 1.165) is 70.5 Å². The molecule has 0 bridgehead atoms. The topological polar surface area (TPSA) is 91.1 Å². The predicted octanol–water partition coefficient (Wildman–Crippen LogP) is 6.33.